The third-order valence-electron chi connectivity index (χ3n) is 5.15. The molecule has 0 unspecified atom stereocenters. The van der Waals surface area contributed by atoms with Gasteiger partial charge in [0.2, 0.25) is 0 Å². The number of hydrogen-bond acceptors (Lipinski definition) is 6. The molecule has 6 nitrogen and oxygen atoms in total. The molecule has 0 atom stereocenters. The second-order valence-electron chi connectivity index (χ2n) is 6.82. The predicted molar refractivity (Wildman–Crippen MR) is 95.4 cm³/mol. The molecule has 0 N–H and O–H groups in total. The molecule has 0 bridgehead atoms. The van der Waals surface area contributed by atoms with E-state index >= 15 is 0 Å². The van der Waals surface area contributed by atoms with E-state index in [-0.39, 0.29) is 17.1 Å². The largest absolute Gasteiger partial charge is 0.371 e. The smallest absolute Gasteiger partial charge is 0.257 e. The fourth-order valence-electron chi connectivity index (χ4n) is 3.68. The Morgan fingerprint density at radius 1 is 1.31 bits per heavy atom. The molecule has 2 aliphatic heterocycles. The van der Waals surface area contributed by atoms with Crippen molar-refractivity contribution in [1.29, 1.82) is 0 Å². The van der Waals surface area contributed by atoms with Gasteiger partial charge in [-0.25, -0.2) is 9.37 Å². The van der Waals surface area contributed by atoms with Gasteiger partial charge in [0.1, 0.15) is 5.01 Å². The number of amides is 1. The molecule has 1 spiro atoms. The topological polar surface area (TPSA) is 58.6 Å². The van der Waals surface area contributed by atoms with Gasteiger partial charge in [0.15, 0.2) is 5.82 Å². The zero-order valence-electron chi connectivity index (χ0n) is 14.4. The number of aromatic nitrogens is 2. The first kappa shape index (κ1) is 17.5. The van der Waals surface area contributed by atoms with E-state index in [1.807, 2.05) is 11.6 Å². The number of pyridine rings is 1. The van der Waals surface area contributed by atoms with Gasteiger partial charge in [-0.1, -0.05) is 0 Å². The molecule has 26 heavy (non-hydrogen) atoms. The van der Waals surface area contributed by atoms with Crippen LogP contribution >= 0.6 is 11.3 Å². The Morgan fingerprint density at radius 3 is 2.88 bits per heavy atom. The predicted octanol–water partition coefficient (Wildman–Crippen LogP) is 2.18. The molecular formula is C18H21FN4O2S. The monoisotopic (exact) mass is 376 g/mol. The van der Waals surface area contributed by atoms with Crippen molar-refractivity contribution < 1.29 is 13.9 Å². The van der Waals surface area contributed by atoms with Crippen molar-refractivity contribution >= 4 is 17.2 Å². The van der Waals surface area contributed by atoms with E-state index in [4.69, 9.17) is 4.74 Å². The van der Waals surface area contributed by atoms with E-state index in [0.717, 1.165) is 43.7 Å². The Kier molecular flexibility index (Phi) is 4.97. The zero-order chi connectivity index (χ0) is 18.0. The second kappa shape index (κ2) is 7.38. The van der Waals surface area contributed by atoms with Crippen LogP contribution in [0.5, 0.6) is 0 Å². The lowest BCUT2D eigenvalue weighted by molar-refractivity contribution is -0.128. The van der Waals surface area contributed by atoms with Crippen molar-refractivity contribution in [3.8, 4) is 0 Å². The van der Waals surface area contributed by atoms with Crippen molar-refractivity contribution in [2.45, 2.75) is 25.0 Å². The number of piperidine rings is 1. The van der Waals surface area contributed by atoms with E-state index in [9.17, 15) is 9.18 Å². The standard InChI is InChI=1S/C18H21FN4O2S/c19-15-11-20-4-1-14(15)17(24)23-8-9-25-18(13-23)2-6-22(7-3-18)12-16-21-5-10-26-16/h1,4-5,10-11H,2-3,6-9,12-13H2. The number of rotatable bonds is 3. The van der Waals surface area contributed by atoms with Crippen LogP contribution in [0.3, 0.4) is 0 Å². The maximum absolute atomic E-state index is 13.9. The van der Waals surface area contributed by atoms with Crippen LogP contribution in [0.2, 0.25) is 0 Å². The lowest BCUT2D eigenvalue weighted by atomic mass is 9.89. The molecule has 0 aromatic carbocycles. The third kappa shape index (κ3) is 3.62. The summed E-state index contributed by atoms with van der Waals surface area (Å²) < 4.78 is 20.0. The van der Waals surface area contributed by atoms with Crippen molar-refractivity contribution in [3.05, 3.63) is 46.4 Å². The van der Waals surface area contributed by atoms with Gasteiger partial charge >= 0.3 is 0 Å². The molecule has 2 saturated heterocycles. The van der Waals surface area contributed by atoms with Crippen LogP contribution < -0.4 is 0 Å². The van der Waals surface area contributed by atoms with Gasteiger partial charge in [-0.2, -0.15) is 0 Å². The molecule has 2 aromatic heterocycles. The Hall–Kier alpha value is -1.90. The summed E-state index contributed by atoms with van der Waals surface area (Å²) in [7, 11) is 0. The number of hydrogen-bond donors (Lipinski definition) is 0. The summed E-state index contributed by atoms with van der Waals surface area (Å²) in [5.41, 5.74) is -0.241. The van der Waals surface area contributed by atoms with Gasteiger partial charge in [-0.05, 0) is 18.9 Å². The lowest BCUT2D eigenvalue weighted by Crippen LogP contribution is -2.58. The van der Waals surface area contributed by atoms with Gasteiger partial charge < -0.3 is 9.64 Å². The number of nitrogens with zero attached hydrogens (tertiary/aromatic N) is 4. The Bertz CT molecular complexity index is 762. The van der Waals surface area contributed by atoms with Crippen molar-refractivity contribution in [1.82, 2.24) is 19.8 Å². The minimum atomic E-state index is -0.573. The number of carbonyl (C=O) groups is 1. The number of halogens is 1. The fraction of sp³-hybridized carbons (Fsp3) is 0.500. The zero-order valence-corrected chi connectivity index (χ0v) is 15.3. The van der Waals surface area contributed by atoms with Crippen molar-refractivity contribution in [3.63, 3.8) is 0 Å². The van der Waals surface area contributed by atoms with Crippen LogP contribution in [0, 0.1) is 5.82 Å². The molecule has 0 radical (unpaired) electrons. The summed E-state index contributed by atoms with van der Waals surface area (Å²) in [6.45, 7) is 4.17. The van der Waals surface area contributed by atoms with Gasteiger partial charge in [0, 0.05) is 37.4 Å². The first-order valence-electron chi connectivity index (χ1n) is 8.79. The molecule has 1 amide bonds. The quantitative estimate of drug-likeness (QED) is 0.822. The maximum atomic E-state index is 13.9. The normalized spacial score (nSPS) is 20.4. The van der Waals surface area contributed by atoms with Crippen LogP contribution in [0.15, 0.2) is 30.0 Å². The second-order valence-corrected chi connectivity index (χ2v) is 7.79. The number of carbonyl (C=O) groups excluding carboxylic acids is 1. The third-order valence-corrected chi connectivity index (χ3v) is 5.91. The van der Waals surface area contributed by atoms with Gasteiger partial charge in [-0.15, -0.1) is 11.3 Å². The van der Waals surface area contributed by atoms with Crippen molar-refractivity contribution in [2.24, 2.45) is 0 Å². The molecule has 138 valence electrons. The highest BCUT2D eigenvalue weighted by molar-refractivity contribution is 7.09. The average Bonchev–Trinajstić information content (AvgIpc) is 3.17. The summed E-state index contributed by atoms with van der Waals surface area (Å²) in [5, 5.41) is 3.11. The summed E-state index contributed by atoms with van der Waals surface area (Å²) in [4.78, 5) is 24.9. The van der Waals surface area contributed by atoms with Crippen LogP contribution in [0.4, 0.5) is 4.39 Å². The van der Waals surface area contributed by atoms with Crippen LogP contribution in [0.25, 0.3) is 0 Å². The highest BCUT2D eigenvalue weighted by Gasteiger charge is 2.41. The highest BCUT2D eigenvalue weighted by Crippen LogP contribution is 2.31. The molecule has 2 aromatic rings. The summed E-state index contributed by atoms with van der Waals surface area (Å²) in [5.74, 6) is -0.853. The number of likely N-dealkylation sites (tertiary alicyclic amines) is 1. The first-order chi connectivity index (χ1) is 12.7. The minimum absolute atomic E-state index is 0.0817. The number of morpholine rings is 1. The molecular weight excluding hydrogens is 355 g/mol. The fourth-order valence-corrected chi connectivity index (χ4v) is 4.34. The Labute approximate surface area is 155 Å². The maximum Gasteiger partial charge on any atom is 0.257 e. The summed E-state index contributed by atoms with van der Waals surface area (Å²) in [6, 6.07) is 1.44. The summed E-state index contributed by atoms with van der Waals surface area (Å²) >= 11 is 1.67. The first-order valence-corrected chi connectivity index (χ1v) is 9.67. The molecule has 4 heterocycles. The van der Waals surface area contributed by atoms with E-state index in [0.29, 0.717) is 19.7 Å². The van der Waals surface area contributed by atoms with E-state index in [1.54, 1.807) is 16.2 Å². The van der Waals surface area contributed by atoms with Crippen molar-refractivity contribution in [2.75, 3.05) is 32.8 Å². The van der Waals surface area contributed by atoms with Crippen LogP contribution in [-0.2, 0) is 11.3 Å². The van der Waals surface area contributed by atoms with Crippen LogP contribution in [0.1, 0.15) is 28.2 Å². The van der Waals surface area contributed by atoms with E-state index in [1.165, 1.54) is 12.3 Å². The minimum Gasteiger partial charge on any atom is -0.371 e. The number of thiazole rings is 1. The van der Waals surface area contributed by atoms with E-state index < -0.39 is 5.82 Å². The Balaban J connectivity index is 1.39. The van der Waals surface area contributed by atoms with Crippen LogP contribution in [-0.4, -0.2) is 64.1 Å². The molecule has 0 saturated carbocycles. The summed E-state index contributed by atoms with van der Waals surface area (Å²) in [6.07, 6.45) is 6.09. The van der Waals surface area contributed by atoms with Gasteiger partial charge in [-0.3, -0.25) is 14.7 Å². The molecule has 8 heteroatoms. The SMILES string of the molecule is O=C(c1ccncc1F)N1CCOC2(CCN(Cc3nccs3)CC2)C1. The van der Waals surface area contributed by atoms with Gasteiger partial charge in [0.05, 0.1) is 37.1 Å². The molecule has 4 rings (SSSR count). The molecule has 0 aliphatic carbocycles. The average molecular weight is 376 g/mol. The Morgan fingerprint density at radius 2 is 2.15 bits per heavy atom. The molecule has 2 fully saturated rings. The van der Waals surface area contributed by atoms with Gasteiger partial charge in [0.25, 0.3) is 5.91 Å². The number of ether oxygens (including phenoxy) is 1. The highest BCUT2D eigenvalue weighted by atomic mass is 32.1. The lowest BCUT2D eigenvalue weighted by Gasteiger charge is -2.47. The van der Waals surface area contributed by atoms with E-state index in [2.05, 4.69) is 14.9 Å². The molecule has 2 aliphatic rings.